The van der Waals surface area contributed by atoms with E-state index in [1.54, 1.807) is 0 Å². The van der Waals surface area contributed by atoms with E-state index >= 15 is 0 Å². The number of aryl methyl sites for hydroxylation is 2. The van der Waals surface area contributed by atoms with Crippen molar-refractivity contribution in [2.75, 3.05) is 0 Å². The van der Waals surface area contributed by atoms with E-state index in [-0.39, 0.29) is 6.04 Å². The topological polar surface area (TPSA) is 38.0 Å². The molecule has 0 amide bonds. The number of nitrogens with two attached hydrogens (primary N) is 1. The fraction of sp³-hybridized carbons (Fsp3) is 0.368. The predicted molar refractivity (Wildman–Crippen MR) is 88.1 cm³/mol. The first-order chi connectivity index (χ1) is 10.2. The summed E-state index contributed by atoms with van der Waals surface area (Å²) in [5, 5.41) is 0. The molecule has 0 spiro atoms. The van der Waals surface area contributed by atoms with Crippen LogP contribution in [0.1, 0.15) is 59.0 Å². The van der Waals surface area contributed by atoms with Crippen LogP contribution in [0, 0.1) is 13.8 Å². The van der Waals surface area contributed by atoms with Gasteiger partial charge < -0.3 is 0 Å². The molecule has 1 saturated carbocycles. The maximum absolute atomic E-state index is 5.90. The van der Waals surface area contributed by atoms with E-state index < -0.39 is 0 Å². The SMILES string of the molecule is Cc1ccc(C(NN)c2ccccc2C2CCC2)cc1C. The Bertz CT molecular complexity index is 629. The Hall–Kier alpha value is -1.64. The Kier molecular flexibility index (Phi) is 4.09. The molecule has 1 unspecified atom stereocenters. The second-order valence-electron chi connectivity index (χ2n) is 6.20. The van der Waals surface area contributed by atoms with Crippen molar-refractivity contribution in [2.45, 2.75) is 45.1 Å². The predicted octanol–water partition coefficient (Wildman–Crippen LogP) is 4.12. The minimum absolute atomic E-state index is 0.0705. The Morgan fingerprint density at radius 1 is 1.05 bits per heavy atom. The number of hydrazine groups is 1. The molecule has 2 heteroatoms. The molecule has 1 fully saturated rings. The van der Waals surface area contributed by atoms with Crippen molar-refractivity contribution < 1.29 is 0 Å². The number of nitrogens with one attached hydrogen (secondary N) is 1. The van der Waals surface area contributed by atoms with Crippen molar-refractivity contribution in [3.8, 4) is 0 Å². The number of hydrogen-bond donors (Lipinski definition) is 2. The van der Waals surface area contributed by atoms with Gasteiger partial charge in [0, 0.05) is 0 Å². The van der Waals surface area contributed by atoms with Gasteiger partial charge in [0.2, 0.25) is 0 Å². The molecule has 1 aliphatic rings. The zero-order valence-corrected chi connectivity index (χ0v) is 12.9. The maximum atomic E-state index is 5.90. The van der Waals surface area contributed by atoms with Crippen LogP contribution >= 0.6 is 0 Å². The smallest absolute Gasteiger partial charge is 0.0712 e. The van der Waals surface area contributed by atoms with Crippen LogP contribution in [0.25, 0.3) is 0 Å². The molecule has 3 rings (SSSR count). The van der Waals surface area contributed by atoms with E-state index in [0.29, 0.717) is 5.92 Å². The molecular formula is C19H24N2. The van der Waals surface area contributed by atoms with Gasteiger partial charge in [0.25, 0.3) is 0 Å². The highest BCUT2D eigenvalue weighted by molar-refractivity contribution is 5.42. The van der Waals surface area contributed by atoms with E-state index in [9.17, 15) is 0 Å². The van der Waals surface area contributed by atoms with Crippen LogP contribution in [-0.2, 0) is 0 Å². The fourth-order valence-electron chi connectivity index (χ4n) is 3.17. The normalized spacial score (nSPS) is 16.5. The van der Waals surface area contributed by atoms with Gasteiger partial charge in [0.15, 0.2) is 0 Å². The van der Waals surface area contributed by atoms with E-state index in [0.717, 1.165) is 0 Å². The maximum Gasteiger partial charge on any atom is 0.0712 e. The van der Waals surface area contributed by atoms with E-state index in [2.05, 4.69) is 61.7 Å². The molecule has 21 heavy (non-hydrogen) atoms. The van der Waals surface area contributed by atoms with Gasteiger partial charge in [0.05, 0.1) is 6.04 Å². The lowest BCUT2D eigenvalue weighted by Crippen LogP contribution is -2.30. The number of hydrogen-bond acceptors (Lipinski definition) is 2. The molecule has 0 aliphatic heterocycles. The third-order valence-corrected chi connectivity index (χ3v) is 4.88. The molecular weight excluding hydrogens is 256 g/mol. The summed E-state index contributed by atoms with van der Waals surface area (Å²) in [6.07, 6.45) is 3.96. The Balaban J connectivity index is 2.01. The van der Waals surface area contributed by atoms with Gasteiger partial charge >= 0.3 is 0 Å². The van der Waals surface area contributed by atoms with Crippen LogP contribution in [0.5, 0.6) is 0 Å². The van der Waals surface area contributed by atoms with E-state index in [4.69, 9.17) is 5.84 Å². The second kappa shape index (κ2) is 6.00. The monoisotopic (exact) mass is 280 g/mol. The number of benzene rings is 2. The zero-order valence-electron chi connectivity index (χ0n) is 12.9. The van der Waals surface area contributed by atoms with Crippen molar-refractivity contribution in [3.05, 3.63) is 70.3 Å². The summed E-state index contributed by atoms with van der Waals surface area (Å²) in [5.74, 6) is 6.62. The van der Waals surface area contributed by atoms with Gasteiger partial charge in [-0.15, -0.1) is 0 Å². The Labute approximate surface area is 127 Å². The van der Waals surface area contributed by atoms with E-state index in [1.807, 2.05) is 0 Å². The summed E-state index contributed by atoms with van der Waals surface area (Å²) in [7, 11) is 0. The molecule has 0 radical (unpaired) electrons. The van der Waals surface area contributed by atoms with Crippen molar-refractivity contribution in [3.63, 3.8) is 0 Å². The minimum Gasteiger partial charge on any atom is -0.271 e. The minimum atomic E-state index is 0.0705. The Morgan fingerprint density at radius 3 is 2.43 bits per heavy atom. The van der Waals surface area contributed by atoms with Gasteiger partial charge in [-0.1, -0.05) is 48.9 Å². The van der Waals surface area contributed by atoms with Crippen LogP contribution in [-0.4, -0.2) is 0 Å². The molecule has 2 nitrogen and oxygen atoms in total. The lowest BCUT2D eigenvalue weighted by atomic mass is 9.76. The lowest BCUT2D eigenvalue weighted by Gasteiger charge is -2.30. The van der Waals surface area contributed by atoms with Crippen molar-refractivity contribution in [1.82, 2.24) is 5.43 Å². The van der Waals surface area contributed by atoms with Crippen LogP contribution in [0.3, 0.4) is 0 Å². The van der Waals surface area contributed by atoms with Crippen LogP contribution in [0.4, 0.5) is 0 Å². The first kappa shape index (κ1) is 14.3. The quantitative estimate of drug-likeness (QED) is 0.653. The highest BCUT2D eigenvalue weighted by Gasteiger charge is 2.25. The van der Waals surface area contributed by atoms with Gasteiger partial charge in [-0.25, -0.2) is 5.43 Å². The second-order valence-corrected chi connectivity index (χ2v) is 6.20. The molecule has 1 atom stereocenters. The first-order valence-electron chi connectivity index (χ1n) is 7.83. The summed E-state index contributed by atoms with van der Waals surface area (Å²) in [6, 6.07) is 15.4. The molecule has 0 saturated heterocycles. The van der Waals surface area contributed by atoms with Crippen molar-refractivity contribution in [1.29, 1.82) is 0 Å². The molecule has 0 aromatic heterocycles. The summed E-state index contributed by atoms with van der Waals surface area (Å²) in [4.78, 5) is 0. The number of rotatable bonds is 4. The molecule has 3 N–H and O–H groups in total. The standard InChI is InChI=1S/C19H24N2/c1-13-10-11-16(12-14(13)2)19(21-20)18-9-4-3-8-17(18)15-6-5-7-15/h3-4,8-12,15,19,21H,5-7,20H2,1-2H3. The van der Waals surface area contributed by atoms with Crippen LogP contribution in [0.15, 0.2) is 42.5 Å². The summed E-state index contributed by atoms with van der Waals surface area (Å²) in [5.41, 5.74) is 9.69. The molecule has 0 heterocycles. The fourth-order valence-corrected chi connectivity index (χ4v) is 3.17. The van der Waals surface area contributed by atoms with Gasteiger partial charge in [-0.2, -0.15) is 0 Å². The third-order valence-electron chi connectivity index (χ3n) is 4.88. The van der Waals surface area contributed by atoms with E-state index in [1.165, 1.54) is 47.1 Å². The third kappa shape index (κ3) is 2.74. The van der Waals surface area contributed by atoms with Crippen molar-refractivity contribution in [2.24, 2.45) is 5.84 Å². The molecule has 110 valence electrons. The highest BCUT2D eigenvalue weighted by Crippen LogP contribution is 2.40. The first-order valence-corrected chi connectivity index (χ1v) is 7.83. The molecule has 2 aromatic carbocycles. The van der Waals surface area contributed by atoms with Gasteiger partial charge in [-0.05, 0) is 60.4 Å². The summed E-state index contributed by atoms with van der Waals surface area (Å²) in [6.45, 7) is 4.30. The van der Waals surface area contributed by atoms with Crippen molar-refractivity contribution >= 4 is 0 Å². The Morgan fingerprint density at radius 2 is 1.81 bits per heavy atom. The van der Waals surface area contributed by atoms with Gasteiger partial charge in [-0.3, -0.25) is 5.84 Å². The lowest BCUT2D eigenvalue weighted by molar-refractivity contribution is 0.414. The molecule has 1 aliphatic carbocycles. The molecule has 0 bridgehead atoms. The van der Waals surface area contributed by atoms with Crippen LogP contribution in [0.2, 0.25) is 0 Å². The van der Waals surface area contributed by atoms with Gasteiger partial charge in [0.1, 0.15) is 0 Å². The average Bonchev–Trinajstić information content (AvgIpc) is 2.43. The van der Waals surface area contributed by atoms with Crippen LogP contribution < -0.4 is 11.3 Å². The summed E-state index contributed by atoms with van der Waals surface area (Å²) < 4.78 is 0. The zero-order chi connectivity index (χ0) is 14.8. The largest absolute Gasteiger partial charge is 0.271 e. The summed E-state index contributed by atoms with van der Waals surface area (Å²) >= 11 is 0. The highest BCUT2D eigenvalue weighted by atomic mass is 15.2. The average molecular weight is 280 g/mol. The molecule has 2 aromatic rings.